The number of ether oxygens (including phenoxy) is 2. The van der Waals surface area contributed by atoms with E-state index in [-0.39, 0.29) is 24.5 Å². The van der Waals surface area contributed by atoms with Crippen LogP contribution in [0.4, 0.5) is 0 Å². The predicted molar refractivity (Wildman–Crippen MR) is 131 cm³/mol. The van der Waals surface area contributed by atoms with E-state index in [0.717, 1.165) is 29.9 Å². The standard InChI is InChI=1S/C26H32N2O5S/c1-32-19-11-13-20(14-12-19)33-17-24(29)22-9-5-16-28(22)26(31)23-10-6-15-27(23)25(30)18-34-21-7-3-2-4-8-21/h2-4,7-8,11-14,22-24,29H,5-6,9-10,15-18H2,1H3/t22-,23-,24?/m0/s1. The summed E-state index contributed by atoms with van der Waals surface area (Å²) in [6.45, 7) is 1.30. The zero-order chi connectivity index (χ0) is 23.9. The van der Waals surface area contributed by atoms with Crippen molar-refractivity contribution in [2.24, 2.45) is 0 Å². The first-order valence-electron chi connectivity index (χ1n) is 11.8. The molecule has 2 amide bonds. The van der Waals surface area contributed by atoms with Gasteiger partial charge in [-0.25, -0.2) is 0 Å². The topological polar surface area (TPSA) is 79.3 Å². The lowest BCUT2D eigenvalue weighted by Gasteiger charge is -2.33. The highest BCUT2D eigenvalue weighted by Crippen LogP contribution is 2.28. The highest BCUT2D eigenvalue weighted by atomic mass is 32.2. The van der Waals surface area contributed by atoms with Crippen LogP contribution in [0.25, 0.3) is 0 Å². The van der Waals surface area contributed by atoms with Crippen LogP contribution in [-0.4, -0.2) is 77.5 Å². The number of carbonyl (C=O) groups is 2. The van der Waals surface area contributed by atoms with E-state index in [0.29, 0.717) is 31.0 Å². The van der Waals surface area contributed by atoms with Crippen LogP contribution in [0.3, 0.4) is 0 Å². The van der Waals surface area contributed by atoms with Crippen molar-refractivity contribution in [2.75, 3.05) is 32.6 Å². The number of aliphatic hydroxyl groups is 1. The minimum atomic E-state index is -0.798. The molecule has 8 heteroatoms. The van der Waals surface area contributed by atoms with E-state index in [9.17, 15) is 14.7 Å². The first-order chi connectivity index (χ1) is 16.6. The maximum Gasteiger partial charge on any atom is 0.245 e. The number of benzene rings is 2. The van der Waals surface area contributed by atoms with E-state index >= 15 is 0 Å². The first-order valence-corrected chi connectivity index (χ1v) is 12.8. The molecule has 0 aliphatic carbocycles. The zero-order valence-electron chi connectivity index (χ0n) is 19.5. The number of hydrogen-bond donors (Lipinski definition) is 1. The lowest BCUT2D eigenvalue weighted by atomic mass is 10.1. The van der Waals surface area contributed by atoms with E-state index in [1.165, 1.54) is 11.8 Å². The fourth-order valence-electron chi connectivity index (χ4n) is 4.69. The highest BCUT2D eigenvalue weighted by molar-refractivity contribution is 8.00. The number of methoxy groups -OCH3 is 1. The Morgan fingerprint density at radius 3 is 2.41 bits per heavy atom. The van der Waals surface area contributed by atoms with Gasteiger partial charge in [-0.2, -0.15) is 0 Å². The van der Waals surface area contributed by atoms with Gasteiger partial charge in [0, 0.05) is 18.0 Å². The van der Waals surface area contributed by atoms with Gasteiger partial charge in [0.15, 0.2) is 0 Å². The number of likely N-dealkylation sites (tertiary alicyclic amines) is 2. The molecule has 3 atom stereocenters. The Hall–Kier alpha value is -2.71. The second kappa shape index (κ2) is 11.6. The normalized spacial score (nSPS) is 20.9. The first kappa shape index (κ1) is 24.4. The van der Waals surface area contributed by atoms with E-state index in [1.54, 1.807) is 41.2 Å². The van der Waals surface area contributed by atoms with E-state index in [1.807, 2.05) is 30.3 Å². The summed E-state index contributed by atoms with van der Waals surface area (Å²) >= 11 is 1.49. The highest BCUT2D eigenvalue weighted by Gasteiger charge is 2.41. The van der Waals surface area contributed by atoms with Crippen molar-refractivity contribution in [1.29, 1.82) is 0 Å². The second-order valence-corrected chi connectivity index (χ2v) is 9.69. The number of aliphatic hydroxyl groups excluding tert-OH is 1. The molecule has 2 aliphatic heterocycles. The van der Waals surface area contributed by atoms with Crippen LogP contribution in [0.2, 0.25) is 0 Å². The molecule has 0 bridgehead atoms. The van der Waals surface area contributed by atoms with Crippen LogP contribution in [0.5, 0.6) is 11.5 Å². The van der Waals surface area contributed by atoms with Crippen molar-refractivity contribution >= 4 is 23.6 Å². The molecule has 2 aromatic rings. The maximum atomic E-state index is 13.5. The average molecular weight is 485 g/mol. The lowest BCUT2D eigenvalue weighted by Crippen LogP contribution is -2.52. The van der Waals surface area contributed by atoms with Gasteiger partial charge in [-0.05, 0) is 62.1 Å². The van der Waals surface area contributed by atoms with Crippen molar-refractivity contribution in [2.45, 2.75) is 48.8 Å². The molecular formula is C26H32N2O5S. The molecule has 7 nitrogen and oxygen atoms in total. The largest absolute Gasteiger partial charge is 0.497 e. The third kappa shape index (κ3) is 5.85. The van der Waals surface area contributed by atoms with E-state index in [4.69, 9.17) is 9.47 Å². The van der Waals surface area contributed by atoms with E-state index < -0.39 is 12.1 Å². The van der Waals surface area contributed by atoms with Gasteiger partial charge in [0.2, 0.25) is 11.8 Å². The number of thioether (sulfide) groups is 1. The van der Waals surface area contributed by atoms with Crippen molar-refractivity contribution in [3.8, 4) is 11.5 Å². The molecule has 2 fully saturated rings. The minimum absolute atomic E-state index is 0.0103. The molecular weight excluding hydrogens is 452 g/mol. The van der Waals surface area contributed by atoms with Gasteiger partial charge in [-0.3, -0.25) is 9.59 Å². The molecule has 0 saturated carbocycles. The summed E-state index contributed by atoms with van der Waals surface area (Å²) in [6, 6.07) is 16.2. The molecule has 2 aliphatic rings. The van der Waals surface area contributed by atoms with Gasteiger partial charge in [0.25, 0.3) is 0 Å². The summed E-state index contributed by atoms with van der Waals surface area (Å²) in [6.07, 6.45) is 2.25. The van der Waals surface area contributed by atoms with Gasteiger partial charge in [0.1, 0.15) is 30.3 Å². The second-order valence-electron chi connectivity index (χ2n) is 8.64. The Bertz CT molecular complexity index is 955. The fraction of sp³-hybridized carbons (Fsp3) is 0.462. The monoisotopic (exact) mass is 484 g/mol. The summed E-state index contributed by atoms with van der Waals surface area (Å²) in [5.74, 6) is 1.62. The van der Waals surface area contributed by atoms with Crippen LogP contribution in [0.15, 0.2) is 59.5 Å². The van der Waals surface area contributed by atoms with Crippen molar-refractivity contribution in [3.05, 3.63) is 54.6 Å². The van der Waals surface area contributed by atoms with Crippen molar-refractivity contribution < 1.29 is 24.2 Å². The van der Waals surface area contributed by atoms with Crippen LogP contribution < -0.4 is 9.47 Å². The van der Waals surface area contributed by atoms with E-state index in [2.05, 4.69) is 0 Å². The number of hydrogen-bond acceptors (Lipinski definition) is 6. The Kier molecular flexibility index (Phi) is 8.34. The van der Waals surface area contributed by atoms with Crippen LogP contribution in [0, 0.1) is 0 Å². The Balaban J connectivity index is 1.33. The SMILES string of the molecule is COc1ccc(OCC(O)[C@@H]2CCCN2C(=O)[C@@H]2CCCN2C(=O)CSc2ccccc2)cc1. The molecule has 1 N–H and O–H groups in total. The van der Waals surface area contributed by atoms with Crippen molar-refractivity contribution in [3.63, 3.8) is 0 Å². The third-order valence-corrected chi connectivity index (χ3v) is 7.47. The smallest absolute Gasteiger partial charge is 0.245 e. The minimum Gasteiger partial charge on any atom is -0.497 e. The molecule has 2 heterocycles. The van der Waals surface area contributed by atoms with Crippen molar-refractivity contribution in [1.82, 2.24) is 9.80 Å². The Morgan fingerprint density at radius 2 is 1.68 bits per heavy atom. The molecule has 0 aromatic heterocycles. The van der Waals surface area contributed by atoms with Gasteiger partial charge in [0.05, 0.1) is 18.9 Å². The summed E-state index contributed by atoms with van der Waals surface area (Å²) in [5, 5.41) is 10.8. The van der Waals surface area contributed by atoms with Crippen LogP contribution in [-0.2, 0) is 9.59 Å². The van der Waals surface area contributed by atoms with Gasteiger partial charge in [-0.1, -0.05) is 18.2 Å². The van der Waals surface area contributed by atoms with Gasteiger partial charge >= 0.3 is 0 Å². The molecule has 34 heavy (non-hydrogen) atoms. The summed E-state index contributed by atoms with van der Waals surface area (Å²) in [4.78, 5) is 30.9. The van der Waals surface area contributed by atoms with Crippen LogP contribution >= 0.6 is 11.8 Å². The lowest BCUT2D eigenvalue weighted by molar-refractivity contribution is -0.144. The summed E-state index contributed by atoms with van der Waals surface area (Å²) in [5.41, 5.74) is 0. The molecule has 4 rings (SSSR count). The molecule has 0 radical (unpaired) electrons. The molecule has 0 spiro atoms. The number of carbonyl (C=O) groups excluding carboxylic acids is 2. The maximum absolute atomic E-state index is 13.5. The number of amides is 2. The third-order valence-electron chi connectivity index (χ3n) is 6.47. The van der Waals surface area contributed by atoms with Gasteiger partial charge in [-0.15, -0.1) is 11.8 Å². The van der Waals surface area contributed by atoms with Crippen LogP contribution in [0.1, 0.15) is 25.7 Å². The number of rotatable bonds is 9. The molecule has 2 saturated heterocycles. The van der Waals surface area contributed by atoms with Gasteiger partial charge < -0.3 is 24.4 Å². The molecule has 182 valence electrons. The summed E-state index contributed by atoms with van der Waals surface area (Å²) < 4.78 is 10.9. The zero-order valence-corrected chi connectivity index (χ0v) is 20.3. The Labute approximate surface area is 205 Å². The molecule has 1 unspecified atom stereocenters. The quantitative estimate of drug-likeness (QED) is 0.551. The number of nitrogens with zero attached hydrogens (tertiary/aromatic N) is 2. The predicted octanol–water partition coefficient (Wildman–Crippen LogP) is 3.21. The fourth-order valence-corrected chi connectivity index (χ4v) is 5.49. The Morgan fingerprint density at radius 1 is 1.00 bits per heavy atom. The molecule has 2 aromatic carbocycles. The summed E-state index contributed by atoms with van der Waals surface area (Å²) in [7, 11) is 1.60. The average Bonchev–Trinajstić information content (AvgIpc) is 3.57.